The van der Waals surface area contributed by atoms with Gasteiger partial charge in [0.2, 0.25) is 11.2 Å². The van der Waals surface area contributed by atoms with E-state index in [0.29, 0.717) is 17.1 Å². The molecule has 23 heavy (non-hydrogen) atoms. The molecule has 1 amide bonds. The Hall–Kier alpha value is -3.46. The van der Waals surface area contributed by atoms with Gasteiger partial charge in [0.1, 0.15) is 0 Å². The first-order valence-electron chi connectivity index (χ1n) is 7.04. The molecular formula is C17H14N5O+. The summed E-state index contributed by atoms with van der Waals surface area (Å²) in [4.78, 5) is 15.6. The number of diazo groups is 1. The Labute approximate surface area is 133 Å². The molecule has 0 fully saturated rings. The Kier molecular flexibility index (Phi) is 3.85. The van der Waals surface area contributed by atoms with Crippen molar-refractivity contribution < 1.29 is 4.79 Å². The minimum Gasteiger partial charge on any atom is -0.300 e. The van der Waals surface area contributed by atoms with Crippen LogP contribution in [0.25, 0.3) is 16.2 Å². The number of anilines is 1. The minimum atomic E-state index is -0.293. The summed E-state index contributed by atoms with van der Waals surface area (Å²) < 4.78 is 1.48. The van der Waals surface area contributed by atoms with Crippen LogP contribution in [-0.2, 0) is 7.05 Å². The van der Waals surface area contributed by atoms with Gasteiger partial charge in [0.25, 0.3) is 5.91 Å². The number of benzene rings is 2. The standard InChI is InChI=1S/C17H13N5O/c1-22-16(19-17(23)13-10-6-3-7-11-13)15(20-18)14(21-22)12-8-4-2-5-9-12/h2-11H,1H3/p+1. The fourth-order valence-corrected chi connectivity index (χ4v) is 2.31. The van der Waals surface area contributed by atoms with Crippen LogP contribution < -0.4 is 5.32 Å². The van der Waals surface area contributed by atoms with Gasteiger partial charge in [-0.3, -0.25) is 10.1 Å². The summed E-state index contributed by atoms with van der Waals surface area (Å²) in [6.45, 7) is 0. The van der Waals surface area contributed by atoms with Gasteiger partial charge in [0, 0.05) is 18.2 Å². The van der Waals surface area contributed by atoms with Crippen molar-refractivity contribution in [2.45, 2.75) is 0 Å². The Morgan fingerprint density at radius 2 is 1.70 bits per heavy atom. The van der Waals surface area contributed by atoms with Crippen LogP contribution in [0, 0.1) is 5.39 Å². The Bertz CT molecular complexity index is 879. The van der Waals surface area contributed by atoms with Crippen LogP contribution in [0.5, 0.6) is 0 Å². The van der Waals surface area contributed by atoms with Gasteiger partial charge >= 0.3 is 5.69 Å². The second kappa shape index (κ2) is 6.12. The van der Waals surface area contributed by atoms with E-state index in [4.69, 9.17) is 0 Å². The zero-order valence-electron chi connectivity index (χ0n) is 12.5. The molecular weight excluding hydrogens is 290 g/mol. The molecule has 0 radical (unpaired) electrons. The number of carbonyl (C=O) groups excluding carboxylic acids is 1. The number of nitrogens with one attached hydrogen (secondary N) is 1. The third-order valence-corrected chi connectivity index (χ3v) is 3.44. The van der Waals surface area contributed by atoms with Gasteiger partial charge < -0.3 is 0 Å². The highest BCUT2D eigenvalue weighted by atomic mass is 16.1. The first-order chi connectivity index (χ1) is 11.2. The number of rotatable bonds is 3. The van der Waals surface area contributed by atoms with Gasteiger partial charge in [-0.2, -0.15) is 5.10 Å². The van der Waals surface area contributed by atoms with E-state index in [1.807, 2.05) is 36.4 Å². The van der Waals surface area contributed by atoms with Gasteiger partial charge in [0.05, 0.1) is 0 Å². The van der Waals surface area contributed by atoms with Crippen LogP contribution in [0.4, 0.5) is 11.5 Å². The molecule has 2 aromatic carbocycles. The lowest BCUT2D eigenvalue weighted by atomic mass is 10.1. The van der Waals surface area contributed by atoms with Crippen LogP contribution in [0.2, 0.25) is 0 Å². The fourth-order valence-electron chi connectivity index (χ4n) is 2.31. The number of aromatic nitrogens is 2. The van der Waals surface area contributed by atoms with Crippen molar-refractivity contribution in [1.82, 2.24) is 9.78 Å². The maximum Gasteiger partial charge on any atom is 0.454 e. The number of amides is 1. The van der Waals surface area contributed by atoms with Crippen molar-refractivity contribution in [3.63, 3.8) is 0 Å². The largest absolute Gasteiger partial charge is 0.454 e. The number of hydrogen-bond donors (Lipinski definition) is 1. The Balaban J connectivity index is 1.99. The van der Waals surface area contributed by atoms with Gasteiger partial charge in [0.15, 0.2) is 10.7 Å². The van der Waals surface area contributed by atoms with Crippen molar-refractivity contribution in [2.75, 3.05) is 5.32 Å². The average Bonchev–Trinajstić information content (AvgIpc) is 2.92. The third-order valence-electron chi connectivity index (χ3n) is 3.44. The Morgan fingerprint density at radius 1 is 1.09 bits per heavy atom. The summed E-state index contributed by atoms with van der Waals surface area (Å²) in [5, 5.41) is 16.5. The molecule has 0 unspecified atom stereocenters. The third kappa shape index (κ3) is 2.80. The summed E-state index contributed by atoms with van der Waals surface area (Å²) in [6.07, 6.45) is 0. The predicted molar refractivity (Wildman–Crippen MR) is 87.8 cm³/mol. The molecule has 0 saturated carbocycles. The number of nitrogens with zero attached hydrogens (tertiary/aromatic N) is 4. The van der Waals surface area contributed by atoms with Gasteiger partial charge in [-0.25, -0.2) is 4.68 Å². The number of hydrogen-bond acceptors (Lipinski definition) is 3. The van der Waals surface area contributed by atoms with Crippen LogP contribution in [0.1, 0.15) is 10.4 Å². The van der Waals surface area contributed by atoms with Crippen molar-refractivity contribution in [2.24, 2.45) is 7.05 Å². The molecule has 0 aliphatic carbocycles. The first kappa shape index (κ1) is 14.5. The topological polar surface area (TPSA) is 75.1 Å². The molecule has 0 spiro atoms. The predicted octanol–water partition coefficient (Wildman–Crippen LogP) is 3.82. The summed E-state index contributed by atoms with van der Waals surface area (Å²) in [7, 11) is 1.68. The molecule has 6 nitrogen and oxygen atoms in total. The zero-order valence-corrected chi connectivity index (χ0v) is 12.5. The molecule has 3 aromatic rings. The molecule has 1 N–H and O–H groups in total. The number of carbonyl (C=O) groups is 1. The molecule has 1 heterocycles. The summed E-state index contributed by atoms with van der Waals surface area (Å²) in [6, 6.07) is 18.2. The summed E-state index contributed by atoms with van der Waals surface area (Å²) >= 11 is 0. The lowest BCUT2D eigenvalue weighted by molar-refractivity contribution is 0.102. The molecule has 0 atom stereocenters. The van der Waals surface area contributed by atoms with Crippen LogP contribution in [0.3, 0.4) is 0 Å². The van der Waals surface area contributed by atoms with Crippen LogP contribution in [0.15, 0.2) is 60.7 Å². The molecule has 6 heteroatoms. The maximum atomic E-state index is 12.3. The van der Waals surface area contributed by atoms with Crippen molar-refractivity contribution >= 4 is 17.4 Å². The lowest BCUT2D eigenvalue weighted by Gasteiger charge is -2.02. The second-order valence-corrected chi connectivity index (χ2v) is 4.96. The Morgan fingerprint density at radius 3 is 2.30 bits per heavy atom. The quantitative estimate of drug-likeness (QED) is 0.747. The molecule has 112 valence electrons. The fraction of sp³-hybridized carbons (Fsp3) is 0.0588. The normalized spacial score (nSPS) is 10.1. The molecule has 1 aromatic heterocycles. The van der Waals surface area contributed by atoms with E-state index in [1.165, 1.54) is 4.68 Å². The molecule has 0 aliphatic heterocycles. The van der Waals surface area contributed by atoms with E-state index in [0.717, 1.165) is 5.56 Å². The highest BCUT2D eigenvalue weighted by Crippen LogP contribution is 2.36. The second-order valence-electron chi connectivity index (χ2n) is 4.96. The smallest absolute Gasteiger partial charge is 0.300 e. The average molecular weight is 304 g/mol. The first-order valence-corrected chi connectivity index (χ1v) is 7.04. The maximum absolute atomic E-state index is 12.3. The van der Waals surface area contributed by atoms with E-state index in [9.17, 15) is 10.2 Å². The molecule has 3 rings (SSSR count). The summed E-state index contributed by atoms with van der Waals surface area (Å²) in [5.41, 5.74) is 2.04. The lowest BCUT2D eigenvalue weighted by Crippen LogP contribution is -2.14. The van der Waals surface area contributed by atoms with Crippen molar-refractivity contribution in [3.05, 3.63) is 71.2 Å². The highest BCUT2D eigenvalue weighted by Gasteiger charge is 2.29. The zero-order chi connectivity index (χ0) is 16.2. The monoisotopic (exact) mass is 304 g/mol. The summed E-state index contributed by atoms with van der Waals surface area (Å²) in [5.74, 6) is 0.0401. The van der Waals surface area contributed by atoms with Gasteiger partial charge in [-0.15, -0.1) is 0 Å². The van der Waals surface area contributed by atoms with Crippen molar-refractivity contribution in [1.29, 1.82) is 5.39 Å². The molecule has 0 aliphatic rings. The van der Waals surface area contributed by atoms with Crippen molar-refractivity contribution in [3.8, 4) is 11.3 Å². The van der Waals surface area contributed by atoms with Crippen LogP contribution >= 0.6 is 0 Å². The highest BCUT2D eigenvalue weighted by molar-refractivity contribution is 6.06. The van der Waals surface area contributed by atoms with E-state index < -0.39 is 0 Å². The minimum absolute atomic E-state index is 0.225. The number of aryl methyl sites for hydroxylation is 1. The van der Waals surface area contributed by atoms with Gasteiger partial charge in [-0.1, -0.05) is 48.5 Å². The van der Waals surface area contributed by atoms with E-state index in [-0.39, 0.29) is 11.6 Å². The van der Waals surface area contributed by atoms with E-state index >= 15 is 0 Å². The van der Waals surface area contributed by atoms with E-state index in [1.54, 1.807) is 31.3 Å². The van der Waals surface area contributed by atoms with Gasteiger partial charge in [-0.05, 0) is 12.1 Å². The van der Waals surface area contributed by atoms with Crippen LogP contribution in [-0.4, -0.2) is 15.7 Å². The molecule has 0 saturated heterocycles. The van der Waals surface area contributed by atoms with E-state index in [2.05, 4.69) is 15.4 Å². The molecule has 0 bridgehead atoms. The SMILES string of the molecule is Cn1nc(-c2ccccc2)c([N+]#N)c1NC(=O)c1ccccc1.